The Labute approximate surface area is 161 Å². The Morgan fingerprint density at radius 3 is 2.62 bits per heavy atom. The average molecular weight is 453 g/mol. The first-order valence-corrected chi connectivity index (χ1v) is 8.84. The molecule has 1 atom stereocenters. The van der Waals surface area contributed by atoms with Crippen LogP contribution in [0, 0.1) is 10.5 Å². The molecular weight excluding hydrogens is 435 g/mol. The van der Waals surface area contributed by atoms with Crippen LogP contribution in [0.1, 0.15) is 28.4 Å². The molecule has 1 unspecified atom stereocenters. The van der Waals surface area contributed by atoms with E-state index in [2.05, 4.69) is 45.4 Å². The van der Waals surface area contributed by atoms with Gasteiger partial charge >= 0.3 is 0 Å². The summed E-state index contributed by atoms with van der Waals surface area (Å²) in [6, 6.07) is 11.4. The number of benzene rings is 2. The van der Waals surface area contributed by atoms with Gasteiger partial charge in [-0.2, -0.15) is 0 Å². The van der Waals surface area contributed by atoms with Crippen molar-refractivity contribution in [1.29, 1.82) is 0 Å². The summed E-state index contributed by atoms with van der Waals surface area (Å²) in [5.74, 6) is 0. The lowest BCUT2D eigenvalue weighted by Gasteiger charge is -2.19. The Kier molecular flexibility index (Phi) is 7.15. The molecule has 2 rings (SSSR count). The van der Waals surface area contributed by atoms with Gasteiger partial charge in [-0.05, 0) is 83.1 Å². The Hall–Kier alpha value is -1.50. The van der Waals surface area contributed by atoms with Crippen LogP contribution < -0.4 is 0 Å². The van der Waals surface area contributed by atoms with E-state index in [0.717, 1.165) is 25.8 Å². The van der Waals surface area contributed by atoms with Gasteiger partial charge in [-0.15, -0.1) is 0 Å². The van der Waals surface area contributed by atoms with Crippen LogP contribution in [-0.2, 0) is 6.42 Å². The normalized spacial score (nSPS) is 12.8. The van der Waals surface area contributed by atoms with E-state index in [1.54, 1.807) is 18.3 Å². The molecule has 0 aliphatic carbocycles. The molecule has 124 valence electrons. The molecule has 0 saturated carbocycles. The molecule has 0 amide bonds. The minimum absolute atomic E-state index is 0.655. The van der Waals surface area contributed by atoms with Crippen molar-refractivity contribution in [3.63, 3.8) is 0 Å². The standard InChI is InChI=1S/C19H18ClIN2O/c1-13-17(21)10-7-14(4-3-11-23-12-22-2)18(13)19(24)15-5-8-16(20)9-6-15/h3,5-12,19,24H,2,4H2,1H3/b11-3-,23-12?. The average Bonchev–Trinajstić information content (AvgIpc) is 2.58. The first-order chi connectivity index (χ1) is 11.5. The molecule has 0 spiro atoms. The van der Waals surface area contributed by atoms with Gasteiger partial charge in [-0.3, -0.25) is 4.99 Å². The number of allylic oxidation sites excluding steroid dienone is 1. The third-order valence-corrected chi connectivity index (χ3v) is 5.10. The lowest BCUT2D eigenvalue weighted by molar-refractivity contribution is 0.218. The molecule has 5 heteroatoms. The second kappa shape index (κ2) is 9.11. The van der Waals surface area contributed by atoms with Crippen LogP contribution in [0.25, 0.3) is 0 Å². The van der Waals surface area contributed by atoms with E-state index in [9.17, 15) is 5.11 Å². The fraction of sp³-hybridized carbons (Fsp3) is 0.158. The molecule has 0 fully saturated rings. The fourth-order valence-corrected chi connectivity index (χ4v) is 3.05. The van der Waals surface area contributed by atoms with E-state index in [1.165, 1.54) is 6.34 Å². The van der Waals surface area contributed by atoms with Gasteiger partial charge in [-0.25, -0.2) is 4.99 Å². The highest BCUT2D eigenvalue weighted by Crippen LogP contribution is 2.31. The highest BCUT2D eigenvalue weighted by atomic mass is 127. The molecule has 0 saturated heterocycles. The van der Waals surface area contributed by atoms with Crippen LogP contribution in [-0.4, -0.2) is 18.2 Å². The Morgan fingerprint density at radius 1 is 1.25 bits per heavy atom. The summed E-state index contributed by atoms with van der Waals surface area (Å²) in [5.41, 5.74) is 3.90. The number of hydrogen-bond donors (Lipinski definition) is 1. The number of aliphatic imine (C=N–C) groups is 2. The van der Waals surface area contributed by atoms with E-state index < -0.39 is 6.10 Å². The highest BCUT2D eigenvalue weighted by molar-refractivity contribution is 14.1. The monoisotopic (exact) mass is 452 g/mol. The predicted octanol–water partition coefficient (Wildman–Crippen LogP) is 5.12. The Balaban J connectivity index is 2.37. The zero-order valence-corrected chi connectivity index (χ0v) is 16.2. The van der Waals surface area contributed by atoms with Crippen molar-refractivity contribution >= 4 is 47.2 Å². The van der Waals surface area contributed by atoms with Gasteiger partial charge in [0.05, 0.1) is 0 Å². The van der Waals surface area contributed by atoms with Crippen molar-refractivity contribution in [2.45, 2.75) is 19.4 Å². The maximum Gasteiger partial charge on any atom is 0.114 e. The van der Waals surface area contributed by atoms with E-state index in [-0.39, 0.29) is 0 Å². The van der Waals surface area contributed by atoms with Crippen LogP contribution in [0.15, 0.2) is 58.7 Å². The number of rotatable bonds is 6. The van der Waals surface area contributed by atoms with Crippen molar-refractivity contribution in [2.24, 2.45) is 9.98 Å². The summed E-state index contributed by atoms with van der Waals surface area (Å²) in [6.45, 7) is 5.37. The third-order valence-electron chi connectivity index (χ3n) is 3.68. The van der Waals surface area contributed by atoms with Gasteiger partial charge < -0.3 is 5.11 Å². The van der Waals surface area contributed by atoms with Crippen LogP contribution in [0.4, 0.5) is 0 Å². The van der Waals surface area contributed by atoms with Crippen LogP contribution in [0.2, 0.25) is 5.02 Å². The van der Waals surface area contributed by atoms with Gasteiger partial charge in [0.1, 0.15) is 12.4 Å². The quantitative estimate of drug-likeness (QED) is 0.369. The largest absolute Gasteiger partial charge is 0.384 e. The zero-order chi connectivity index (χ0) is 17.5. The van der Waals surface area contributed by atoms with Crippen molar-refractivity contribution in [2.75, 3.05) is 0 Å². The lowest BCUT2D eigenvalue weighted by Crippen LogP contribution is -2.07. The van der Waals surface area contributed by atoms with E-state index >= 15 is 0 Å². The number of halogens is 2. The van der Waals surface area contributed by atoms with Gasteiger partial charge in [0, 0.05) is 14.8 Å². The second-order valence-corrected chi connectivity index (χ2v) is 6.83. The number of aliphatic hydroxyl groups is 1. The second-order valence-electron chi connectivity index (χ2n) is 5.24. The van der Waals surface area contributed by atoms with Crippen LogP contribution in [0.5, 0.6) is 0 Å². The summed E-state index contributed by atoms with van der Waals surface area (Å²) >= 11 is 8.23. The topological polar surface area (TPSA) is 45.0 Å². The summed E-state index contributed by atoms with van der Waals surface area (Å²) in [5, 5.41) is 11.5. The van der Waals surface area contributed by atoms with Gasteiger partial charge in [-0.1, -0.05) is 35.9 Å². The fourth-order valence-electron chi connectivity index (χ4n) is 2.45. The van der Waals surface area contributed by atoms with Gasteiger partial charge in [0.2, 0.25) is 0 Å². The minimum atomic E-state index is -0.696. The lowest BCUT2D eigenvalue weighted by atomic mass is 9.91. The van der Waals surface area contributed by atoms with Crippen LogP contribution in [0.3, 0.4) is 0 Å². The molecule has 0 radical (unpaired) electrons. The molecule has 0 aliphatic heterocycles. The minimum Gasteiger partial charge on any atom is -0.384 e. The van der Waals surface area contributed by atoms with Crippen molar-refractivity contribution < 1.29 is 5.11 Å². The molecule has 2 aromatic carbocycles. The molecule has 0 aliphatic rings. The van der Waals surface area contributed by atoms with E-state index in [4.69, 9.17) is 11.6 Å². The molecule has 2 aromatic rings. The zero-order valence-electron chi connectivity index (χ0n) is 13.3. The highest BCUT2D eigenvalue weighted by Gasteiger charge is 2.18. The molecule has 0 bridgehead atoms. The number of nitrogens with zero attached hydrogens (tertiary/aromatic N) is 2. The molecular formula is C19H18ClIN2O. The Morgan fingerprint density at radius 2 is 1.96 bits per heavy atom. The van der Waals surface area contributed by atoms with Crippen molar-refractivity contribution in [3.05, 3.63) is 79.5 Å². The smallest absolute Gasteiger partial charge is 0.114 e. The molecule has 1 N–H and O–H groups in total. The van der Waals surface area contributed by atoms with Gasteiger partial charge in [0.25, 0.3) is 0 Å². The maximum atomic E-state index is 10.9. The maximum absolute atomic E-state index is 10.9. The molecule has 0 aromatic heterocycles. The van der Waals surface area contributed by atoms with E-state index in [0.29, 0.717) is 11.4 Å². The summed E-state index contributed by atoms with van der Waals surface area (Å²) in [6.07, 6.45) is 4.98. The van der Waals surface area contributed by atoms with Crippen LogP contribution >= 0.6 is 34.2 Å². The predicted molar refractivity (Wildman–Crippen MR) is 110 cm³/mol. The molecule has 24 heavy (non-hydrogen) atoms. The first-order valence-electron chi connectivity index (χ1n) is 7.38. The Bertz CT molecular complexity index is 770. The number of aliphatic hydroxyl groups excluding tert-OH is 1. The SMILES string of the molecule is C=NC=N/C=C\Cc1ccc(I)c(C)c1C(O)c1ccc(Cl)cc1. The molecule has 0 heterocycles. The number of hydrogen-bond acceptors (Lipinski definition) is 2. The van der Waals surface area contributed by atoms with Gasteiger partial charge in [0.15, 0.2) is 0 Å². The third kappa shape index (κ3) is 4.75. The first kappa shape index (κ1) is 18.8. The summed E-state index contributed by atoms with van der Waals surface area (Å²) in [7, 11) is 0. The molecule has 3 nitrogen and oxygen atoms in total. The summed E-state index contributed by atoms with van der Waals surface area (Å²) in [4.78, 5) is 7.53. The van der Waals surface area contributed by atoms with E-state index in [1.807, 2.05) is 31.2 Å². The van der Waals surface area contributed by atoms with Crippen molar-refractivity contribution in [3.8, 4) is 0 Å². The van der Waals surface area contributed by atoms with Crippen molar-refractivity contribution in [1.82, 2.24) is 0 Å². The summed E-state index contributed by atoms with van der Waals surface area (Å²) < 4.78 is 1.12.